The highest BCUT2D eigenvalue weighted by atomic mass is 32.1. The molecule has 0 unspecified atom stereocenters. The second-order valence-corrected chi connectivity index (χ2v) is 5.34. The maximum atomic E-state index is 12.2. The number of piperazine rings is 1. The van der Waals surface area contributed by atoms with Crippen molar-refractivity contribution < 1.29 is 4.79 Å². The first-order valence-corrected chi connectivity index (χ1v) is 7.05. The van der Waals surface area contributed by atoms with E-state index in [4.69, 9.17) is 0 Å². The monoisotopic (exact) mass is 278 g/mol. The molecule has 1 aliphatic rings. The summed E-state index contributed by atoms with van der Waals surface area (Å²) in [5.74, 6) is -0.0278. The molecule has 6 nitrogen and oxygen atoms in total. The summed E-state index contributed by atoms with van der Waals surface area (Å²) in [6.45, 7) is 3.08. The molecule has 2 aromatic heterocycles. The van der Waals surface area contributed by atoms with Crippen molar-refractivity contribution in [2.75, 3.05) is 26.2 Å². The van der Waals surface area contributed by atoms with Gasteiger partial charge in [0.1, 0.15) is 11.4 Å². The van der Waals surface area contributed by atoms with Crippen LogP contribution in [0.25, 0.3) is 10.2 Å². The third-order valence-corrected chi connectivity index (χ3v) is 4.05. The highest BCUT2D eigenvalue weighted by Gasteiger charge is 2.17. The van der Waals surface area contributed by atoms with Crippen LogP contribution in [-0.4, -0.2) is 46.5 Å². The van der Waals surface area contributed by atoms with Gasteiger partial charge in [-0.05, 0) is 11.4 Å². The average molecular weight is 278 g/mol. The Morgan fingerprint density at radius 3 is 3.00 bits per heavy atom. The van der Waals surface area contributed by atoms with Crippen LogP contribution in [0.4, 0.5) is 0 Å². The van der Waals surface area contributed by atoms with E-state index in [1.54, 1.807) is 11.0 Å². The van der Waals surface area contributed by atoms with E-state index in [0.29, 0.717) is 18.5 Å². The smallest absolute Gasteiger partial charge is 0.262 e. The number of carbonyl (C=O) groups is 1. The van der Waals surface area contributed by atoms with E-state index in [9.17, 15) is 9.59 Å². The highest BCUT2D eigenvalue weighted by Crippen LogP contribution is 2.13. The standard InChI is InChI=1S/C12H14N4O2S/c17-10(15-4-2-13-3-5-15)7-16-8-14-11-9(12(16)18)1-6-19-11/h1,6,8,13H,2-5,7H2. The number of rotatable bonds is 2. The normalized spacial score (nSPS) is 15.9. The van der Waals surface area contributed by atoms with Crippen molar-refractivity contribution in [3.05, 3.63) is 28.1 Å². The molecule has 19 heavy (non-hydrogen) atoms. The predicted molar refractivity (Wildman–Crippen MR) is 73.3 cm³/mol. The number of aromatic nitrogens is 2. The molecule has 0 aliphatic carbocycles. The Hall–Kier alpha value is -1.73. The molecule has 7 heteroatoms. The lowest BCUT2D eigenvalue weighted by molar-refractivity contribution is -0.132. The van der Waals surface area contributed by atoms with Gasteiger partial charge in [-0.1, -0.05) is 0 Å². The fraction of sp³-hybridized carbons (Fsp3) is 0.417. The van der Waals surface area contributed by atoms with Crippen molar-refractivity contribution in [1.29, 1.82) is 0 Å². The quantitative estimate of drug-likeness (QED) is 0.832. The van der Waals surface area contributed by atoms with Gasteiger partial charge in [0.15, 0.2) is 0 Å². The number of hydrogen-bond donors (Lipinski definition) is 1. The van der Waals surface area contributed by atoms with Crippen molar-refractivity contribution in [1.82, 2.24) is 19.8 Å². The van der Waals surface area contributed by atoms with E-state index >= 15 is 0 Å². The van der Waals surface area contributed by atoms with Crippen LogP contribution in [0.5, 0.6) is 0 Å². The molecule has 1 amide bonds. The van der Waals surface area contributed by atoms with Gasteiger partial charge in [0.2, 0.25) is 5.91 Å². The number of fused-ring (bicyclic) bond motifs is 1. The molecule has 0 radical (unpaired) electrons. The fourth-order valence-electron chi connectivity index (χ4n) is 2.17. The van der Waals surface area contributed by atoms with Gasteiger partial charge in [-0.15, -0.1) is 11.3 Å². The SMILES string of the molecule is O=C(Cn1cnc2sccc2c1=O)N1CCNCC1. The van der Waals surface area contributed by atoms with E-state index in [1.165, 1.54) is 22.2 Å². The Morgan fingerprint density at radius 1 is 1.42 bits per heavy atom. The maximum absolute atomic E-state index is 12.2. The molecule has 3 rings (SSSR count). The van der Waals surface area contributed by atoms with Crippen LogP contribution in [-0.2, 0) is 11.3 Å². The lowest BCUT2D eigenvalue weighted by Gasteiger charge is -2.27. The zero-order chi connectivity index (χ0) is 13.2. The second kappa shape index (κ2) is 5.10. The molecule has 1 aliphatic heterocycles. The van der Waals surface area contributed by atoms with Gasteiger partial charge in [-0.25, -0.2) is 4.98 Å². The Labute approximate surface area is 113 Å². The number of hydrogen-bond acceptors (Lipinski definition) is 5. The minimum atomic E-state index is -0.144. The molecule has 0 atom stereocenters. The molecule has 0 aromatic carbocycles. The lowest BCUT2D eigenvalue weighted by Crippen LogP contribution is -2.48. The van der Waals surface area contributed by atoms with E-state index in [-0.39, 0.29) is 18.0 Å². The van der Waals surface area contributed by atoms with Gasteiger partial charge in [0, 0.05) is 26.2 Å². The summed E-state index contributed by atoms with van der Waals surface area (Å²) in [7, 11) is 0. The van der Waals surface area contributed by atoms with Crippen molar-refractivity contribution in [3.63, 3.8) is 0 Å². The van der Waals surface area contributed by atoms with E-state index in [0.717, 1.165) is 17.9 Å². The zero-order valence-corrected chi connectivity index (χ0v) is 11.2. The Bertz CT molecular complexity index is 657. The largest absolute Gasteiger partial charge is 0.339 e. The molecule has 1 saturated heterocycles. The highest BCUT2D eigenvalue weighted by molar-refractivity contribution is 7.16. The summed E-state index contributed by atoms with van der Waals surface area (Å²) in [5.41, 5.74) is -0.144. The van der Waals surface area contributed by atoms with Gasteiger partial charge in [0.25, 0.3) is 5.56 Å². The summed E-state index contributed by atoms with van der Waals surface area (Å²) in [4.78, 5) is 31.0. The van der Waals surface area contributed by atoms with Crippen molar-refractivity contribution in [2.45, 2.75) is 6.54 Å². The van der Waals surface area contributed by atoms with Crippen LogP contribution in [0.2, 0.25) is 0 Å². The Balaban J connectivity index is 1.82. The van der Waals surface area contributed by atoms with Crippen LogP contribution in [0.15, 0.2) is 22.6 Å². The van der Waals surface area contributed by atoms with Crippen LogP contribution >= 0.6 is 11.3 Å². The zero-order valence-electron chi connectivity index (χ0n) is 10.3. The van der Waals surface area contributed by atoms with Crippen LogP contribution in [0.3, 0.4) is 0 Å². The molecule has 3 heterocycles. The van der Waals surface area contributed by atoms with Gasteiger partial charge >= 0.3 is 0 Å². The lowest BCUT2D eigenvalue weighted by atomic mass is 10.3. The first-order chi connectivity index (χ1) is 9.25. The van der Waals surface area contributed by atoms with E-state index in [2.05, 4.69) is 10.3 Å². The predicted octanol–water partition coefficient (Wildman–Crippen LogP) is -0.110. The van der Waals surface area contributed by atoms with Crippen molar-refractivity contribution in [3.8, 4) is 0 Å². The molecule has 1 fully saturated rings. The van der Waals surface area contributed by atoms with Gasteiger partial charge < -0.3 is 10.2 Å². The number of nitrogens with zero attached hydrogens (tertiary/aromatic N) is 3. The molecule has 0 bridgehead atoms. The molecule has 1 N–H and O–H groups in total. The van der Waals surface area contributed by atoms with Crippen LogP contribution < -0.4 is 10.9 Å². The maximum Gasteiger partial charge on any atom is 0.262 e. The van der Waals surface area contributed by atoms with Gasteiger partial charge in [-0.3, -0.25) is 14.2 Å². The molecule has 2 aromatic rings. The molecule has 0 saturated carbocycles. The summed E-state index contributed by atoms with van der Waals surface area (Å²) < 4.78 is 1.39. The molecule has 100 valence electrons. The van der Waals surface area contributed by atoms with Crippen molar-refractivity contribution in [2.24, 2.45) is 0 Å². The molecule has 0 spiro atoms. The van der Waals surface area contributed by atoms with Crippen molar-refractivity contribution >= 4 is 27.5 Å². The van der Waals surface area contributed by atoms with E-state index < -0.39 is 0 Å². The van der Waals surface area contributed by atoms with Gasteiger partial charge in [-0.2, -0.15) is 0 Å². The third kappa shape index (κ3) is 2.39. The fourth-order valence-corrected chi connectivity index (χ4v) is 2.89. The Morgan fingerprint density at radius 2 is 2.21 bits per heavy atom. The van der Waals surface area contributed by atoms with Gasteiger partial charge in [0.05, 0.1) is 11.7 Å². The van der Waals surface area contributed by atoms with Crippen LogP contribution in [0, 0.1) is 0 Å². The topological polar surface area (TPSA) is 67.2 Å². The first-order valence-electron chi connectivity index (χ1n) is 6.17. The first kappa shape index (κ1) is 12.3. The average Bonchev–Trinajstić information content (AvgIpc) is 2.92. The number of nitrogens with one attached hydrogen (secondary N) is 1. The summed E-state index contributed by atoms with van der Waals surface area (Å²) in [5, 5.41) is 5.61. The minimum Gasteiger partial charge on any atom is -0.339 e. The number of amides is 1. The molecular formula is C12H14N4O2S. The number of carbonyl (C=O) groups excluding carboxylic acids is 1. The second-order valence-electron chi connectivity index (χ2n) is 4.45. The summed E-state index contributed by atoms with van der Waals surface area (Å²) in [6, 6.07) is 1.75. The summed E-state index contributed by atoms with van der Waals surface area (Å²) >= 11 is 1.43. The van der Waals surface area contributed by atoms with E-state index in [1.807, 2.05) is 5.38 Å². The third-order valence-electron chi connectivity index (χ3n) is 3.23. The number of thiophene rings is 1. The van der Waals surface area contributed by atoms with Crippen LogP contribution in [0.1, 0.15) is 0 Å². The minimum absolute atomic E-state index is 0.0278. The summed E-state index contributed by atoms with van der Waals surface area (Å²) in [6.07, 6.45) is 1.46. The Kier molecular flexibility index (Phi) is 3.31. The molecular weight excluding hydrogens is 264 g/mol.